The monoisotopic (exact) mass is 201 g/mol. The number of pyridine rings is 1. The average Bonchev–Trinajstić information content (AvgIpc) is 2.18. The van der Waals surface area contributed by atoms with Gasteiger partial charge >= 0.3 is 0 Å². The second-order valence-corrected chi connectivity index (χ2v) is 3.32. The molecule has 0 saturated carbocycles. The molecule has 0 aliphatic carbocycles. The van der Waals surface area contributed by atoms with Gasteiger partial charge in [-0.1, -0.05) is 6.07 Å². The van der Waals surface area contributed by atoms with E-state index >= 15 is 0 Å². The summed E-state index contributed by atoms with van der Waals surface area (Å²) in [6.07, 6.45) is 1.61. The van der Waals surface area contributed by atoms with Gasteiger partial charge in [-0.15, -0.1) is 0 Å². The van der Waals surface area contributed by atoms with E-state index in [1.165, 1.54) is 6.92 Å². The first-order valence-corrected chi connectivity index (χ1v) is 4.58. The van der Waals surface area contributed by atoms with Crippen LogP contribution < -0.4 is 11.1 Å². The summed E-state index contributed by atoms with van der Waals surface area (Å²) in [4.78, 5) is 15.1. The third-order valence-electron chi connectivity index (χ3n) is 2.08. The fourth-order valence-electron chi connectivity index (χ4n) is 1.44. The molecule has 3 N–H and O–H groups in total. The molecule has 1 aromatic heterocycles. The molecule has 1 aromatic carbocycles. The van der Waals surface area contributed by atoms with Crippen LogP contribution in [0.4, 0.5) is 11.4 Å². The average molecular weight is 201 g/mol. The predicted octanol–water partition coefficient (Wildman–Crippen LogP) is 1.78. The Hall–Kier alpha value is -2.10. The first-order chi connectivity index (χ1) is 7.16. The summed E-state index contributed by atoms with van der Waals surface area (Å²) < 4.78 is 0. The van der Waals surface area contributed by atoms with E-state index in [0.29, 0.717) is 11.4 Å². The number of amides is 1. The number of rotatable bonds is 1. The molecule has 1 heterocycles. The van der Waals surface area contributed by atoms with E-state index in [-0.39, 0.29) is 5.91 Å². The molecule has 4 nitrogen and oxygen atoms in total. The lowest BCUT2D eigenvalue weighted by molar-refractivity contribution is -0.114. The highest BCUT2D eigenvalue weighted by Gasteiger charge is 2.01. The summed E-state index contributed by atoms with van der Waals surface area (Å²) in [5.41, 5.74) is 7.95. The quantitative estimate of drug-likeness (QED) is 0.691. The molecule has 0 spiro atoms. The molecule has 0 fully saturated rings. The second kappa shape index (κ2) is 3.57. The second-order valence-electron chi connectivity index (χ2n) is 3.32. The van der Waals surface area contributed by atoms with Crippen molar-refractivity contribution in [3.8, 4) is 0 Å². The van der Waals surface area contributed by atoms with Crippen molar-refractivity contribution >= 4 is 28.2 Å². The summed E-state index contributed by atoms with van der Waals surface area (Å²) in [7, 11) is 0. The molecular weight excluding hydrogens is 190 g/mol. The molecule has 4 heteroatoms. The van der Waals surface area contributed by atoms with Gasteiger partial charge in [0, 0.05) is 18.0 Å². The van der Waals surface area contributed by atoms with Crippen LogP contribution in [-0.2, 0) is 4.79 Å². The number of aromatic nitrogens is 1. The van der Waals surface area contributed by atoms with Crippen molar-refractivity contribution in [3.05, 3.63) is 30.5 Å². The molecule has 0 saturated heterocycles. The number of carbonyl (C=O) groups is 1. The predicted molar refractivity (Wildman–Crippen MR) is 60.5 cm³/mol. The number of nitrogens with one attached hydrogen (secondary N) is 1. The number of anilines is 2. The Labute approximate surface area is 87.1 Å². The van der Waals surface area contributed by atoms with Crippen LogP contribution in [0.25, 0.3) is 10.9 Å². The highest BCUT2D eigenvalue weighted by atomic mass is 16.1. The van der Waals surface area contributed by atoms with Gasteiger partial charge in [0.05, 0.1) is 17.4 Å². The van der Waals surface area contributed by atoms with E-state index in [1.807, 2.05) is 24.3 Å². The van der Waals surface area contributed by atoms with E-state index in [9.17, 15) is 4.79 Å². The van der Waals surface area contributed by atoms with Crippen molar-refractivity contribution in [3.63, 3.8) is 0 Å². The first-order valence-electron chi connectivity index (χ1n) is 4.58. The number of fused-ring (bicyclic) bond motifs is 1. The maximum absolute atomic E-state index is 10.9. The molecule has 1 amide bonds. The van der Waals surface area contributed by atoms with Crippen LogP contribution in [0, 0.1) is 0 Å². The zero-order chi connectivity index (χ0) is 10.8. The van der Waals surface area contributed by atoms with Crippen LogP contribution in [0.3, 0.4) is 0 Å². The smallest absolute Gasteiger partial charge is 0.221 e. The summed E-state index contributed by atoms with van der Waals surface area (Å²) in [6, 6.07) is 7.35. The molecule has 0 atom stereocenters. The minimum atomic E-state index is -0.120. The minimum Gasteiger partial charge on any atom is -0.398 e. The van der Waals surface area contributed by atoms with E-state index in [0.717, 1.165) is 10.9 Å². The van der Waals surface area contributed by atoms with Crippen molar-refractivity contribution < 1.29 is 4.79 Å². The summed E-state index contributed by atoms with van der Waals surface area (Å²) in [5.74, 6) is -0.120. The van der Waals surface area contributed by atoms with E-state index < -0.39 is 0 Å². The van der Waals surface area contributed by atoms with Gasteiger partial charge < -0.3 is 11.1 Å². The maximum Gasteiger partial charge on any atom is 0.221 e. The van der Waals surface area contributed by atoms with Crippen LogP contribution in [0.1, 0.15) is 6.92 Å². The number of benzene rings is 1. The van der Waals surface area contributed by atoms with E-state index in [4.69, 9.17) is 5.73 Å². The highest BCUT2D eigenvalue weighted by Crippen LogP contribution is 2.21. The molecule has 2 aromatic rings. The van der Waals surface area contributed by atoms with Crippen LogP contribution >= 0.6 is 0 Å². The van der Waals surface area contributed by atoms with Gasteiger partial charge in [-0.3, -0.25) is 9.78 Å². The lowest BCUT2D eigenvalue weighted by Crippen LogP contribution is -2.06. The largest absolute Gasteiger partial charge is 0.398 e. The highest BCUT2D eigenvalue weighted by molar-refractivity contribution is 5.95. The lowest BCUT2D eigenvalue weighted by atomic mass is 10.2. The van der Waals surface area contributed by atoms with Crippen LogP contribution in [0.15, 0.2) is 30.5 Å². The maximum atomic E-state index is 10.9. The van der Waals surface area contributed by atoms with Crippen molar-refractivity contribution in [1.82, 2.24) is 4.98 Å². The van der Waals surface area contributed by atoms with Gasteiger partial charge in [0.1, 0.15) is 0 Å². The van der Waals surface area contributed by atoms with Gasteiger partial charge in [0.15, 0.2) is 0 Å². The number of nitrogen functional groups attached to an aromatic ring is 1. The normalized spacial score (nSPS) is 10.2. The van der Waals surface area contributed by atoms with Gasteiger partial charge in [0.2, 0.25) is 5.91 Å². The third kappa shape index (κ3) is 1.88. The molecule has 0 aliphatic heterocycles. The van der Waals surface area contributed by atoms with Crippen LogP contribution in [0.5, 0.6) is 0 Å². The number of nitrogens with zero attached hydrogens (tertiary/aromatic N) is 1. The molecule has 76 valence electrons. The van der Waals surface area contributed by atoms with Crippen molar-refractivity contribution in [2.24, 2.45) is 0 Å². The number of hydrogen-bond donors (Lipinski definition) is 2. The molecule has 15 heavy (non-hydrogen) atoms. The SMILES string of the molecule is CC(=O)Nc1cnc2cccc(N)c2c1. The topological polar surface area (TPSA) is 68.0 Å². The molecule has 0 radical (unpaired) electrons. The fraction of sp³-hybridized carbons (Fsp3) is 0.0909. The minimum absolute atomic E-state index is 0.120. The molecule has 0 bridgehead atoms. The molecular formula is C11H11N3O. The summed E-state index contributed by atoms with van der Waals surface area (Å²) in [5, 5.41) is 3.52. The van der Waals surface area contributed by atoms with E-state index in [2.05, 4.69) is 10.3 Å². The molecule has 2 rings (SSSR count). The zero-order valence-corrected chi connectivity index (χ0v) is 8.32. The lowest BCUT2D eigenvalue weighted by Gasteiger charge is -2.05. The van der Waals surface area contributed by atoms with Gasteiger partial charge in [-0.05, 0) is 18.2 Å². The summed E-state index contributed by atoms with van der Waals surface area (Å²) in [6.45, 7) is 1.46. The van der Waals surface area contributed by atoms with Crippen LogP contribution in [0.2, 0.25) is 0 Å². The Morgan fingerprint density at radius 3 is 3.00 bits per heavy atom. The summed E-state index contributed by atoms with van der Waals surface area (Å²) >= 11 is 0. The third-order valence-corrected chi connectivity index (χ3v) is 2.08. The van der Waals surface area contributed by atoms with Crippen molar-refractivity contribution in [2.75, 3.05) is 11.1 Å². The fourth-order valence-corrected chi connectivity index (χ4v) is 1.44. The Morgan fingerprint density at radius 1 is 1.47 bits per heavy atom. The molecule has 0 unspecified atom stereocenters. The van der Waals surface area contributed by atoms with Crippen molar-refractivity contribution in [1.29, 1.82) is 0 Å². The Morgan fingerprint density at radius 2 is 2.27 bits per heavy atom. The van der Waals surface area contributed by atoms with Gasteiger partial charge in [0.25, 0.3) is 0 Å². The Bertz CT molecular complexity index is 522. The Balaban J connectivity index is 2.54. The van der Waals surface area contributed by atoms with Crippen molar-refractivity contribution in [2.45, 2.75) is 6.92 Å². The molecule has 0 aliphatic rings. The van der Waals surface area contributed by atoms with Crippen LogP contribution in [-0.4, -0.2) is 10.9 Å². The zero-order valence-electron chi connectivity index (χ0n) is 8.32. The first kappa shape index (κ1) is 9.45. The van der Waals surface area contributed by atoms with Gasteiger partial charge in [-0.2, -0.15) is 0 Å². The number of nitrogens with two attached hydrogens (primary N) is 1. The number of carbonyl (C=O) groups excluding carboxylic acids is 1. The Kier molecular flexibility index (Phi) is 2.25. The van der Waals surface area contributed by atoms with Gasteiger partial charge in [-0.25, -0.2) is 0 Å². The number of hydrogen-bond acceptors (Lipinski definition) is 3. The van der Waals surface area contributed by atoms with E-state index in [1.54, 1.807) is 6.20 Å². The standard InChI is InChI=1S/C11H11N3O/c1-7(15)14-8-5-9-10(12)3-2-4-11(9)13-6-8/h2-6H,12H2,1H3,(H,14,15).